The van der Waals surface area contributed by atoms with Crippen molar-refractivity contribution in [2.24, 2.45) is 4.99 Å². The fourth-order valence-corrected chi connectivity index (χ4v) is 3.16. The second kappa shape index (κ2) is 12.2. The molecule has 0 saturated carbocycles. The molecule has 2 heterocycles. The Morgan fingerprint density at radius 3 is 3.07 bits per heavy atom. The number of nitrogens with zero attached hydrogens (tertiary/aromatic N) is 1. The van der Waals surface area contributed by atoms with Crippen LogP contribution in [-0.4, -0.2) is 56.5 Å². The first kappa shape index (κ1) is 22.9. The minimum Gasteiger partial charge on any atom is -0.379 e. The van der Waals surface area contributed by atoms with Crippen molar-refractivity contribution >= 4 is 40.8 Å². The van der Waals surface area contributed by atoms with Crippen molar-refractivity contribution in [1.29, 1.82) is 0 Å². The van der Waals surface area contributed by atoms with E-state index >= 15 is 0 Å². The minimum absolute atomic E-state index is 0. The Labute approximate surface area is 182 Å². The predicted octanol–water partition coefficient (Wildman–Crippen LogP) is 3.22. The summed E-state index contributed by atoms with van der Waals surface area (Å²) in [5.41, 5.74) is 2.06. The maximum absolute atomic E-state index is 13.5. The first-order valence-corrected chi connectivity index (χ1v) is 9.73. The van der Waals surface area contributed by atoms with Crippen LogP contribution in [0, 0.1) is 5.82 Å². The maximum Gasteiger partial charge on any atom is 0.191 e. The highest BCUT2D eigenvalue weighted by molar-refractivity contribution is 14.0. The van der Waals surface area contributed by atoms with Gasteiger partial charge in [-0.2, -0.15) is 0 Å². The lowest BCUT2D eigenvalue weighted by atomic mass is 10.1. The summed E-state index contributed by atoms with van der Waals surface area (Å²) < 4.78 is 24.5. The number of rotatable bonds is 9. The molecule has 0 spiro atoms. The van der Waals surface area contributed by atoms with Crippen LogP contribution < -0.4 is 10.6 Å². The highest BCUT2D eigenvalue weighted by Gasteiger charge is 2.15. The molecule has 0 amide bonds. The van der Waals surface area contributed by atoms with Crippen LogP contribution in [-0.2, 0) is 15.9 Å². The highest BCUT2D eigenvalue weighted by Crippen LogP contribution is 2.19. The molecule has 1 saturated heterocycles. The second-order valence-corrected chi connectivity index (χ2v) is 6.65. The van der Waals surface area contributed by atoms with Gasteiger partial charge in [-0.15, -0.1) is 24.0 Å². The van der Waals surface area contributed by atoms with E-state index in [2.05, 4.69) is 20.6 Å². The highest BCUT2D eigenvalue weighted by atomic mass is 127. The van der Waals surface area contributed by atoms with Crippen LogP contribution in [0.5, 0.6) is 0 Å². The maximum atomic E-state index is 13.5. The van der Waals surface area contributed by atoms with Crippen LogP contribution >= 0.6 is 24.0 Å². The molecular formula is C20H30FIN4O2. The fraction of sp³-hybridized carbons (Fsp3) is 0.550. The average Bonchev–Trinajstić information content (AvgIpc) is 3.31. The zero-order valence-corrected chi connectivity index (χ0v) is 18.6. The quantitative estimate of drug-likeness (QED) is 0.212. The zero-order valence-electron chi connectivity index (χ0n) is 16.3. The van der Waals surface area contributed by atoms with Crippen molar-refractivity contribution in [3.8, 4) is 0 Å². The standard InChI is InChI=1S/C20H29FN4O2.HI/c1-2-22-20(23-8-3-10-27-17-7-11-26-14-17)24-9-6-15-13-25-19-5-4-16(21)12-18(15)19;/h4-5,12-13,17,25H,2-3,6-11,14H2,1H3,(H2,22,23,24);1H. The van der Waals surface area contributed by atoms with Gasteiger partial charge in [0.15, 0.2) is 5.96 Å². The van der Waals surface area contributed by atoms with Gasteiger partial charge < -0.3 is 25.1 Å². The van der Waals surface area contributed by atoms with E-state index in [1.165, 1.54) is 6.07 Å². The molecule has 0 radical (unpaired) electrons. The van der Waals surface area contributed by atoms with Crippen LogP contribution in [0.1, 0.15) is 25.3 Å². The van der Waals surface area contributed by atoms with Gasteiger partial charge in [-0.1, -0.05) is 0 Å². The van der Waals surface area contributed by atoms with Crippen LogP contribution in [0.2, 0.25) is 0 Å². The number of guanidine groups is 1. The van der Waals surface area contributed by atoms with E-state index in [1.807, 2.05) is 13.1 Å². The lowest BCUT2D eigenvalue weighted by Gasteiger charge is -2.12. The van der Waals surface area contributed by atoms with Gasteiger partial charge in [0.05, 0.1) is 12.7 Å². The zero-order chi connectivity index (χ0) is 18.9. The van der Waals surface area contributed by atoms with Gasteiger partial charge in [-0.05, 0) is 49.9 Å². The number of ether oxygens (including phenoxy) is 2. The first-order chi connectivity index (χ1) is 13.3. The van der Waals surface area contributed by atoms with Crippen molar-refractivity contribution in [3.63, 3.8) is 0 Å². The molecule has 1 atom stereocenters. The summed E-state index contributed by atoms with van der Waals surface area (Å²) in [6.45, 7) is 6.51. The second-order valence-electron chi connectivity index (χ2n) is 6.65. The number of H-pyrrole nitrogens is 1. The number of hydrogen-bond donors (Lipinski definition) is 3. The first-order valence-electron chi connectivity index (χ1n) is 9.73. The predicted molar refractivity (Wildman–Crippen MR) is 121 cm³/mol. The van der Waals surface area contributed by atoms with Gasteiger partial charge in [-0.25, -0.2) is 4.39 Å². The minimum atomic E-state index is -0.211. The molecule has 1 aromatic carbocycles. The van der Waals surface area contributed by atoms with Crippen molar-refractivity contribution in [2.75, 3.05) is 39.5 Å². The van der Waals surface area contributed by atoms with Gasteiger partial charge in [-0.3, -0.25) is 4.99 Å². The molecule has 1 fully saturated rings. The van der Waals surface area contributed by atoms with Crippen molar-refractivity contribution in [2.45, 2.75) is 32.3 Å². The molecule has 1 unspecified atom stereocenters. The normalized spacial score (nSPS) is 16.9. The number of aromatic amines is 1. The van der Waals surface area contributed by atoms with E-state index in [0.717, 1.165) is 61.4 Å². The van der Waals surface area contributed by atoms with E-state index in [1.54, 1.807) is 12.1 Å². The molecule has 1 aliphatic rings. The monoisotopic (exact) mass is 504 g/mol. The third kappa shape index (κ3) is 6.89. The van der Waals surface area contributed by atoms with E-state index in [-0.39, 0.29) is 35.9 Å². The Kier molecular flexibility index (Phi) is 10.0. The lowest BCUT2D eigenvalue weighted by Crippen LogP contribution is -2.38. The summed E-state index contributed by atoms with van der Waals surface area (Å²) in [6.07, 6.45) is 4.86. The van der Waals surface area contributed by atoms with Crippen molar-refractivity contribution < 1.29 is 13.9 Å². The SMILES string of the molecule is CCNC(=NCCCOC1CCOC1)NCCc1c[nH]c2ccc(F)cc12.I. The molecule has 2 aromatic rings. The van der Waals surface area contributed by atoms with Crippen LogP contribution in [0.25, 0.3) is 10.9 Å². The third-order valence-electron chi connectivity index (χ3n) is 4.57. The number of halogens is 2. The van der Waals surface area contributed by atoms with Crippen molar-refractivity contribution in [3.05, 3.63) is 35.8 Å². The summed E-state index contributed by atoms with van der Waals surface area (Å²) in [4.78, 5) is 7.78. The fourth-order valence-electron chi connectivity index (χ4n) is 3.16. The molecule has 28 heavy (non-hydrogen) atoms. The van der Waals surface area contributed by atoms with Crippen LogP contribution in [0.15, 0.2) is 29.4 Å². The summed E-state index contributed by atoms with van der Waals surface area (Å²) >= 11 is 0. The molecule has 156 valence electrons. The largest absolute Gasteiger partial charge is 0.379 e. The van der Waals surface area contributed by atoms with Gasteiger partial charge in [0.25, 0.3) is 0 Å². The van der Waals surface area contributed by atoms with Gasteiger partial charge in [0.2, 0.25) is 0 Å². The number of aliphatic imine (C=N–C) groups is 1. The molecule has 0 aliphatic carbocycles. The molecule has 1 aromatic heterocycles. The summed E-state index contributed by atoms with van der Waals surface area (Å²) in [5, 5.41) is 7.53. The van der Waals surface area contributed by atoms with E-state index < -0.39 is 0 Å². The summed E-state index contributed by atoms with van der Waals surface area (Å²) in [5.74, 6) is 0.588. The molecule has 0 bridgehead atoms. The molecule has 1 aliphatic heterocycles. The molecule has 3 N–H and O–H groups in total. The van der Waals surface area contributed by atoms with Crippen molar-refractivity contribution in [1.82, 2.24) is 15.6 Å². The third-order valence-corrected chi connectivity index (χ3v) is 4.57. The number of benzene rings is 1. The van der Waals surface area contributed by atoms with E-state index in [9.17, 15) is 4.39 Å². The molecule has 6 nitrogen and oxygen atoms in total. The lowest BCUT2D eigenvalue weighted by molar-refractivity contribution is 0.0424. The van der Waals surface area contributed by atoms with E-state index in [4.69, 9.17) is 9.47 Å². The number of fused-ring (bicyclic) bond motifs is 1. The Bertz CT molecular complexity index is 747. The Morgan fingerprint density at radius 2 is 2.29 bits per heavy atom. The average molecular weight is 504 g/mol. The van der Waals surface area contributed by atoms with Crippen LogP contribution in [0.4, 0.5) is 4.39 Å². The molecule has 8 heteroatoms. The number of nitrogens with one attached hydrogen (secondary N) is 3. The van der Waals surface area contributed by atoms with Gasteiger partial charge in [0, 0.05) is 49.9 Å². The molecular weight excluding hydrogens is 474 g/mol. The Hall–Kier alpha value is -1.39. The van der Waals surface area contributed by atoms with Crippen LogP contribution in [0.3, 0.4) is 0 Å². The topological polar surface area (TPSA) is 70.7 Å². The number of aromatic nitrogens is 1. The molecule has 3 rings (SSSR count). The summed E-state index contributed by atoms with van der Waals surface area (Å²) in [7, 11) is 0. The van der Waals surface area contributed by atoms with E-state index in [0.29, 0.717) is 19.8 Å². The summed E-state index contributed by atoms with van der Waals surface area (Å²) in [6, 6.07) is 4.82. The smallest absolute Gasteiger partial charge is 0.191 e. The Morgan fingerprint density at radius 1 is 1.39 bits per heavy atom. The van der Waals surface area contributed by atoms with Gasteiger partial charge in [0.1, 0.15) is 5.82 Å². The van der Waals surface area contributed by atoms with Gasteiger partial charge >= 0.3 is 0 Å². The Balaban J connectivity index is 0.00000280. The number of hydrogen-bond acceptors (Lipinski definition) is 3.